The van der Waals surface area contributed by atoms with Crippen molar-refractivity contribution in [2.24, 2.45) is 0 Å². The third kappa shape index (κ3) is 4.75. The summed E-state index contributed by atoms with van der Waals surface area (Å²) in [6.07, 6.45) is 0.966. The van der Waals surface area contributed by atoms with Gasteiger partial charge >= 0.3 is 0 Å². The van der Waals surface area contributed by atoms with E-state index in [9.17, 15) is 15.3 Å². The predicted molar refractivity (Wildman–Crippen MR) is 105 cm³/mol. The standard InChI is InChI=1S/C17H22N4O3.2ClH/c18-17-20-12(10-3-2-6-19-8-10)7-13(21-17)16-11(15(24)9-22)4-1-5-14(16)23;;/h1,4-5,7,10,15,19,22-24H,2-3,6,8-9H2,(H2,18,20,21);2*1H. The highest BCUT2D eigenvalue weighted by atomic mass is 35.5. The molecule has 6 N–H and O–H groups in total. The second-order valence-electron chi connectivity index (χ2n) is 6.02. The molecule has 2 unspecified atom stereocenters. The monoisotopic (exact) mass is 402 g/mol. The highest BCUT2D eigenvalue weighted by Crippen LogP contribution is 2.36. The van der Waals surface area contributed by atoms with Crippen molar-refractivity contribution < 1.29 is 15.3 Å². The van der Waals surface area contributed by atoms with Crippen LogP contribution < -0.4 is 11.1 Å². The minimum Gasteiger partial charge on any atom is -0.507 e. The molecule has 1 aliphatic rings. The van der Waals surface area contributed by atoms with Crippen LogP contribution in [-0.2, 0) is 0 Å². The van der Waals surface area contributed by atoms with Gasteiger partial charge < -0.3 is 26.4 Å². The van der Waals surface area contributed by atoms with E-state index in [1.165, 1.54) is 6.07 Å². The van der Waals surface area contributed by atoms with Crippen LogP contribution >= 0.6 is 24.8 Å². The Morgan fingerprint density at radius 3 is 2.69 bits per heavy atom. The fourth-order valence-electron chi connectivity index (χ4n) is 3.14. The number of piperidine rings is 1. The number of benzene rings is 1. The summed E-state index contributed by atoms with van der Waals surface area (Å²) in [7, 11) is 0. The second-order valence-corrected chi connectivity index (χ2v) is 6.02. The van der Waals surface area contributed by atoms with Crippen LogP contribution in [0, 0.1) is 0 Å². The lowest BCUT2D eigenvalue weighted by molar-refractivity contribution is 0.0958. The van der Waals surface area contributed by atoms with Gasteiger partial charge in [-0.25, -0.2) is 9.97 Å². The molecular formula is C17H24Cl2N4O3. The molecule has 2 aromatic rings. The largest absolute Gasteiger partial charge is 0.507 e. The van der Waals surface area contributed by atoms with E-state index in [4.69, 9.17) is 5.73 Å². The zero-order valence-corrected chi connectivity index (χ0v) is 15.8. The number of nitrogens with two attached hydrogens (primary N) is 1. The summed E-state index contributed by atoms with van der Waals surface area (Å²) in [5.74, 6) is 0.339. The molecule has 144 valence electrons. The van der Waals surface area contributed by atoms with Crippen LogP contribution in [0.3, 0.4) is 0 Å². The van der Waals surface area contributed by atoms with Crippen molar-refractivity contribution in [2.45, 2.75) is 24.9 Å². The van der Waals surface area contributed by atoms with Gasteiger partial charge in [0.05, 0.1) is 18.0 Å². The summed E-state index contributed by atoms with van der Waals surface area (Å²) in [6.45, 7) is 1.37. The molecule has 0 bridgehead atoms. The van der Waals surface area contributed by atoms with Crippen molar-refractivity contribution in [3.8, 4) is 17.0 Å². The number of aromatic nitrogens is 2. The molecule has 0 amide bonds. The predicted octanol–water partition coefficient (Wildman–Crippen LogP) is 1.77. The van der Waals surface area contributed by atoms with Crippen molar-refractivity contribution in [1.29, 1.82) is 0 Å². The van der Waals surface area contributed by atoms with Gasteiger partial charge in [-0.15, -0.1) is 24.8 Å². The number of phenols is 1. The fourth-order valence-corrected chi connectivity index (χ4v) is 3.14. The first-order valence-corrected chi connectivity index (χ1v) is 8.06. The lowest BCUT2D eigenvalue weighted by Gasteiger charge is -2.23. The quantitative estimate of drug-likeness (QED) is 0.527. The molecule has 0 saturated carbocycles. The van der Waals surface area contributed by atoms with E-state index < -0.39 is 12.7 Å². The first-order valence-electron chi connectivity index (χ1n) is 8.06. The Morgan fingerprint density at radius 1 is 1.27 bits per heavy atom. The molecule has 0 radical (unpaired) electrons. The van der Waals surface area contributed by atoms with Gasteiger partial charge in [-0.1, -0.05) is 12.1 Å². The lowest BCUT2D eigenvalue weighted by atomic mass is 9.93. The number of nitrogens with zero attached hydrogens (tertiary/aromatic N) is 2. The summed E-state index contributed by atoms with van der Waals surface area (Å²) < 4.78 is 0. The van der Waals surface area contributed by atoms with E-state index in [2.05, 4.69) is 15.3 Å². The zero-order chi connectivity index (χ0) is 17.1. The van der Waals surface area contributed by atoms with Crippen molar-refractivity contribution in [3.05, 3.63) is 35.5 Å². The van der Waals surface area contributed by atoms with Crippen molar-refractivity contribution in [3.63, 3.8) is 0 Å². The number of hydrogen-bond donors (Lipinski definition) is 5. The topological polar surface area (TPSA) is 125 Å². The van der Waals surface area contributed by atoms with Crippen LogP contribution in [0.2, 0.25) is 0 Å². The molecule has 2 atom stereocenters. The van der Waals surface area contributed by atoms with E-state index in [-0.39, 0.29) is 42.4 Å². The SMILES string of the molecule is Cl.Cl.Nc1nc(-c2c(O)cccc2C(O)CO)cc(C2CCCNC2)n1. The summed E-state index contributed by atoms with van der Waals surface area (Å²) >= 11 is 0. The number of phenolic OH excluding ortho intramolecular Hbond substituents is 1. The van der Waals surface area contributed by atoms with Gasteiger partial charge in [0.15, 0.2) is 0 Å². The summed E-state index contributed by atoms with van der Waals surface area (Å²) in [6, 6.07) is 6.58. The summed E-state index contributed by atoms with van der Waals surface area (Å²) in [5.41, 5.74) is 7.92. The number of aliphatic hydroxyl groups is 2. The van der Waals surface area contributed by atoms with E-state index in [0.717, 1.165) is 31.6 Å². The number of rotatable bonds is 4. The molecule has 1 aliphatic heterocycles. The van der Waals surface area contributed by atoms with Gasteiger partial charge in [0, 0.05) is 18.0 Å². The lowest BCUT2D eigenvalue weighted by Crippen LogP contribution is -2.29. The number of anilines is 1. The minimum atomic E-state index is -1.11. The van der Waals surface area contributed by atoms with E-state index in [1.807, 2.05) is 0 Å². The highest BCUT2D eigenvalue weighted by Gasteiger charge is 2.22. The number of aromatic hydroxyl groups is 1. The molecule has 1 aromatic carbocycles. The first-order chi connectivity index (χ1) is 11.6. The Labute approximate surface area is 164 Å². The van der Waals surface area contributed by atoms with Gasteiger partial charge in [-0.05, 0) is 37.1 Å². The van der Waals surface area contributed by atoms with Crippen LogP contribution in [0.25, 0.3) is 11.3 Å². The number of nitrogen functional groups attached to an aromatic ring is 1. The van der Waals surface area contributed by atoms with Crippen molar-refractivity contribution in [2.75, 3.05) is 25.4 Å². The van der Waals surface area contributed by atoms with E-state index in [0.29, 0.717) is 16.8 Å². The Balaban J connectivity index is 0.00000169. The number of hydrogen-bond acceptors (Lipinski definition) is 7. The normalized spacial score (nSPS) is 17.7. The fraction of sp³-hybridized carbons (Fsp3) is 0.412. The molecule has 1 fully saturated rings. The molecule has 7 nitrogen and oxygen atoms in total. The average Bonchev–Trinajstić information content (AvgIpc) is 2.61. The van der Waals surface area contributed by atoms with Crippen LogP contribution in [0.5, 0.6) is 5.75 Å². The molecular weight excluding hydrogens is 379 g/mol. The maximum Gasteiger partial charge on any atom is 0.220 e. The summed E-state index contributed by atoms with van der Waals surface area (Å²) in [5, 5.41) is 32.9. The number of aliphatic hydroxyl groups excluding tert-OH is 2. The third-order valence-corrected chi connectivity index (χ3v) is 4.34. The van der Waals surface area contributed by atoms with Crippen LogP contribution in [0.4, 0.5) is 5.95 Å². The molecule has 1 saturated heterocycles. The third-order valence-electron chi connectivity index (χ3n) is 4.34. The van der Waals surface area contributed by atoms with Gasteiger partial charge in [-0.2, -0.15) is 0 Å². The Bertz CT molecular complexity index is 727. The maximum atomic E-state index is 10.3. The molecule has 26 heavy (non-hydrogen) atoms. The molecule has 2 heterocycles. The Hall–Kier alpha value is -1.64. The number of nitrogens with one attached hydrogen (secondary N) is 1. The minimum absolute atomic E-state index is 0. The molecule has 1 aromatic heterocycles. The first kappa shape index (κ1) is 22.4. The Morgan fingerprint density at radius 2 is 2.04 bits per heavy atom. The highest BCUT2D eigenvalue weighted by molar-refractivity contribution is 5.85. The summed E-state index contributed by atoms with van der Waals surface area (Å²) in [4.78, 5) is 8.57. The molecule has 3 rings (SSSR count). The van der Waals surface area contributed by atoms with Crippen molar-refractivity contribution >= 4 is 30.8 Å². The van der Waals surface area contributed by atoms with Crippen LogP contribution in [-0.4, -0.2) is 45.0 Å². The van der Waals surface area contributed by atoms with Crippen LogP contribution in [0.15, 0.2) is 24.3 Å². The number of halogens is 2. The van der Waals surface area contributed by atoms with Gasteiger partial charge in [0.25, 0.3) is 0 Å². The smallest absolute Gasteiger partial charge is 0.220 e. The second kappa shape index (κ2) is 9.89. The Kier molecular flexibility index (Phi) is 8.52. The van der Waals surface area contributed by atoms with E-state index in [1.54, 1.807) is 18.2 Å². The molecule has 9 heteroatoms. The maximum absolute atomic E-state index is 10.3. The van der Waals surface area contributed by atoms with Gasteiger partial charge in [-0.3, -0.25) is 0 Å². The average molecular weight is 403 g/mol. The molecule has 0 spiro atoms. The van der Waals surface area contributed by atoms with Crippen LogP contribution in [0.1, 0.15) is 36.1 Å². The van der Waals surface area contributed by atoms with Gasteiger partial charge in [0.1, 0.15) is 11.9 Å². The van der Waals surface area contributed by atoms with E-state index >= 15 is 0 Å². The van der Waals surface area contributed by atoms with Crippen molar-refractivity contribution in [1.82, 2.24) is 15.3 Å². The van der Waals surface area contributed by atoms with Gasteiger partial charge in [0.2, 0.25) is 5.95 Å². The zero-order valence-electron chi connectivity index (χ0n) is 14.1. The molecule has 0 aliphatic carbocycles.